The molecule has 0 amide bonds. The summed E-state index contributed by atoms with van der Waals surface area (Å²) in [6.45, 7) is 0. The first-order chi connectivity index (χ1) is 11.1. The van der Waals surface area contributed by atoms with Gasteiger partial charge in [-0.05, 0) is 37.8 Å². The molecule has 120 valence electrons. The molecule has 1 aromatic heterocycles. The second-order valence-electron chi connectivity index (χ2n) is 6.18. The highest BCUT2D eigenvalue weighted by atomic mass is 15.5. The predicted octanol–water partition coefficient (Wildman–Crippen LogP) is 1.08. The number of hydrogen-bond donors (Lipinski definition) is 2. The lowest BCUT2D eigenvalue weighted by molar-refractivity contribution is 0.306. The number of fused-ring (bicyclic) bond motifs is 1. The van der Waals surface area contributed by atoms with Crippen LogP contribution in [0.4, 0.5) is 5.69 Å². The summed E-state index contributed by atoms with van der Waals surface area (Å²) in [7, 11) is 1.88. The smallest absolute Gasteiger partial charge is 0.220 e. The Bertz CT molecular complexity index is 812. The Balaban J connectivity index is 1.94. The summed E-state index contributed by atoms with van der Waals surface area (Å²) in [5.41, 5.74) is 14.4. The van der Waals surface area contributed by atoms with E-state index in [4.69, 9.17) is 16.5 Å². The first-order valence-corrected chi connectivity index (χ1v) is 7.89. The van der Waals surface area contributed by atoms with E-state index in [0.717, 1.165) is 42.4 Å². The maximum Gasteiger partial charge on any atom is 0.220 e. The third-order valence-corrected chi connectivity index (χ3v) is 4.70. The Morgan fingerprint density at radius 1 is 1.13 bits per heavy atom. The summed E-state index contributed by atoms with van der Waals surface area (Å²) in [6.07, 6.45) is 5.22. The molecule has 2 aliphatic rings. The molecule has 2 heterocycles. The van der Waals surface area contributed by atoms with Crippen molar-refractivity contribution in [3.05, 3.63) is 18.2 Å². The number of guanidine groups is 2. The standard InChI is InChI=1S/C15H20N8/c1-22-12-10(20-21-22)6-5-7-11(12)23-14(17)18-13(16)19-15(23)8-3-2-4-9-15/h5-7H,2-4,8-9H2,1H3,(H4,16,17,18,19). The fourth-order valence-corrected chi connectivity index (χ4v) is 3.74. The van der Waals surface area contributed by atoms with Crippen molar-refractivity contribution in [2.24, 2.45) is 28.5 Å². The van der Waals surface area contributed by atoms with E-state index in [1.807, 2.05) is 30.1 Å². The van der Waals surface area contributed by atoms with Crippen molar-refractivity contribution < 1.29 is 0 Å². The van der Waals surface area contributed by atoms with E-state index in [1.165, 1.54) is 6.42 Å². The quantitative estimate of drug-likeness (QED) is 0.818. The highest BCUT2D eigenvalue weighted by molar-refractivity contribution is 6.09. The molecule has 1 spiro atoms. The second kappa shape index (κ2) is 4.94. The van der Waals surface area contributed by atoms with Gasteiger partial charge in [0.15, 0.2) is 0 Å². The van der Waals surface area contributed by atoms with Crippen LogP contribution < -0.4 is 16.4 Å². The number of nitrogens with two attached hydrogens (primary N) is 2. The number of aryl methyl sites for hydroxylation is 1. The molecule has 1 aliphatic heterocycles. The van der Waals surface area contributed by atoms with Gasteiger partial charge in [0.05, 0.1) is 5.69 Å². The highest BCUT2D eigenvalue weighted by Gasteiger charge is 2.43. The topological polar surface area (TPSA) is 111 Å². The van der Waals surface area contributed by atoms with Crippen LogP contribution in [0.15, 0.2) is 28.2 Å². The Hall–Kier alpha value is -2.64. The van der Waals surface area contributed by atoms with Crippen LogP contribution in [0.2, 0.25) is 0 Å². The van der Waals surface area contributed by atoms with E-state index >= 15 is 0 Å². The number of nitrogens with zero attached hydrogens (tertiary/aromatic N) is 6. The monoisotopic (exact) mass is 312 g/mol. The molecule has 1 fully saturated rings. The zero-order valence-corrected chi connectivity index (χ0v) is 13.1. The van der Waals surface area contributed by atoms with Crippen LogP contribution >= 0.6 is 0 Å². The minimum atomic E-state index is -0.452. The molecule has 4 rings (SSSR count). The Kier molecular flexibility index (Phi) is 3.00. The first-order valence-electron chi connectivity index (χ1n) is 7.89. The van der Waals surface area contributed by atoms with Gasteiger partial charge in [0.2, 0.25) is 11.9 Å². The van der Waals surface area contributed by atoms with Crippen LogP contribution in [-0.4, -0.2) is 32.6 Å². The minimum Gasteiger partial charge on any atom is -0.369 e. The van der Waals surface area contributed by atoms with Gasteiger partial charge in [0.25, 0.3) is 0 Å². The lowest BCUT2D eigenvalue weighted by atomic mass is 9.87. The van der Waals surface area contributed by atoms with Crippen LogP contribution in [0.1, 0.15) is 32.1 Å². The van der Waals surface area contributed by atoms with E-state index in [2.05, 4.69) is 15.3 Å². The van der Waals surface area contributed by atoms with Crippen molar-refractivity contribution in [3.8, 4) is 0 Å². The largest absolute Gasteiger partial charge is 0.369 e. The maximum atomic E-state index is 6.28. The number of anilines is 1. The van der Waals surface area contributed by atoms with Crippen molar-refractivity contribution in [2.45, 2.75) is 37.8 Å². The van der Waals surface area contributed by atoms with Gasteiger partial charge in [0.1, 0.15) is 16.7 Å². The summed E-state index contributed by atoms with van der Waals surface area (Å²) < 4.78 is 1.76. The number of hydrogen-bond acceptors (Lipinski definition) is 7. The predicted molar refractivity (Wildman–Crippen MR) is 90.0 cm³/mol. The fraction of sp³-hybridized carbons (Fsp3) is 0.467. The van der Waals surface area contributed by atoms with Crippen molar-refractivity contribution in [3.63, 3.8) is 0 Å². The third-order valence-electron chi connectivity index (χ3n) is 4.70. The number of rotatable bonds is 1. The molecule has 0 radical (unpaired) electrons. The number of aliphatic imine (C=N–C) groups is 2. The van der Waals surface area contributed by atoms with Crippen molar-refractivity contribution in [1.29, 1.82) is 0 Å². The lowest BCUT2D eigenvalue weighted by Gasteiger charge is -2.45. The summed E-state index contributed by atoms with van der Waals surface area (Å²) in [6, 6.07) is 5.91. The van der Waals surface area contributed by atoms with Gasteiger partial charge in [-0.3, -0.25) is 4.90 Å². The summed E-state index contributed by atoms with van der Waals surface area (Å²) in [5.74, 6) is 0.643. The summed E-state index contributed by atoms with van der Waals surface area (Å²) in [4.78, 5) is 10.9. The van der Waals surface area contributed by atoms with Crippen molar-refractivity contribution in [1.82, 2.24) is 15.0 Å². The average molecular weight is 312 g/mol. The van der Waals surface area contributed by atoms with Gasteiger partial charge >= 0.3 is 0 Å². The molecule has 0 unspecified atom stereocenters. The molecule has 8 nitrogen and oxygen atoms in total. The molecule has 0 atom stereocenters. The van der Waals surface area contributed by atoms with Gasteiger partial charge in [-0.2, -0.15) is 4.99 Å². The Morgan fingerprint density at radius 3 is 2.70 bits per heavy atom. The van der Waals surface area contributed by atoms with Crippen LogP contribution in [0.3, 0.4) is 0 Å². The molecule has 1 saturated carbocycles. The molecule has 1 aromatic carbocycles. The Morgan fingerprint density at radius 2 is 1.91 bits per heavy atom. The van der Waals surface area contributed by atoms with E-state index in [1.54, 1.807) is 4.68 Å². The van der Waals surface area contributed by atoms with Crippen molar-refractivity contribution >= 4 is 28.6 Å². The molecular formula is C15H20N8. The Labute approximate surface area is 133 Å². The molecule has 2 aromatic rings. The van der Waals surface area contributed by atoms with Gasteiger partial charge in [0, 0.05) is 7.05 Å². The zero-order valence-electron chi connectivity index (χ0n) is 13.1. The van der Waals surface area contributed by atoms with Gasteiger partial charge in [-0.15, -0.1) is 5.10 Å². The van der Waals surface area contributed by atoms with Gasteiger partial charge < -0.3 is 11.5 Å². The van der Waals surface area contributed by atoms with E-state index in [0.29, 0.717) is 5.96 Å². The van der Waals surface area contributed by atoms with Gasteiger partial charge in [-0.1, -0.05) is 17.7 Å². The van der Waals surface area contributed by atoms with Gasteiger partial charge in [-0.25, -0.2) is 9.67 Å². The number of para-hydroxylation sites is 1. The molecule has 1 aliphatic carbocycles. The average Bonchev–Trinajstić information content (AvgIpc) is 2.89. The normalized spacial score (nSPS) is 20.7. The molecular weight excluding hydrogens is 292 g/mol. The summed E-state index contributed by atoms with van der Waals surface area (Å²) in [5, 5.41) is 8.32. The maximum absolute atomic E-state index is 6.28. The molecule has 0 bridgehead atoms. The molecule has 4 N–H and O–H groups in total. The number of benzene rings is 1. The van der Waals surface area contributed by atoms with E-state index in [-0.39, 0.29) is 5.96 Å². The lowest BCUT2D eigenvalue weighted by Crippen LogP contribution is -2.58. The van der Waals surface area contributed by atoms with E-state index in [9.17, 15) is 0 Å². The third kappa shape index (κ3) is 2.05. The first kappa shape index (κ1) is 14.0. The second-order valence-corrected chi connectivity index (χ2v) is 6.18. The highest BCUT2D eigenvalue weighted by Crippen LogP contribution is 2.41. The van der Waals surface area contributed by atoms with Crippen LogP contribution in [0.5, 0.6) is 0 Å². The SMILES string of the molecule is Cn1nnc2cccc(N3C(N)=NC(N)=NC34CCCCC4)c21. The molecule has 0 saturated heterocycles. The van der Waals surface area contributed by atoms with Crippen LogP contribution in [-0.2, 0) is 7.05 Å². The van der Waals surface area contributed by atoms with Crippen LogP contribution in [0, 0.1) is 0 Å². The summed E-state index contributed by atoms with van der Waals surface area (Å²) >= 11 is 0. The molecule has 23 heavy (non-hydrogen) atoms. The number of aromatic nitrogens is 3. The minimum absolute atomic E-state index is 0.260. The fourth-order valence-electron chi connectivity index (χ4n) is 3.74. The van der Waals surface area contributed by atoms with E-state index < -0.39 is 5.66 Å². The molecule has 8 heteroatoms. The zero-order chi connectivity index (χ0) is 16.0. The van der Waals surface area contributed by atoms with Crippen LogP contribution in [0.25, 0.3) is 11.0 Å². The van der Waals surface area contributed by atoms with Crippen molar-refractivity contribution in [2.75, 3.05) is 4.90 Å².